The van der Waals surface area contributed by atoms with Crippen molar-refractivity contribution in [3.63, 3.8) is 0 Å². The summed E-state index contributed by atoms with van der Waals surface area (Å²) in [5, 5.41) is 10.6. The van der Waals surface area contributed by atoms with Crippen LogP contribution in [0.15, 0.2) is 36.8 Å². The first-order valence-corrected chi connectivity index (χ1v) is 9.91. The molecular weight excluding hydrogens is 326 g/mol. The average molecular weight is 347 g/mol. The topological polar surface area (TPSA) is 75.4 Å². The molecule has 0 saturated carbocycles. The summed E-state index contributed by atoms with van der Waals surface area (Å²) in [6.07, 6.45) is 3.54. The fourth-order valence-electron chi connectivity index (χ4n) is 3.99. The molecule has 4 rings (SSSR count). The summed E-state index contributed by atoms with van der Waals surface area (Å²) in [6, 6.07) is 8.01. The smallest absolute Gasteiger partial charge is 0.213 e. The highest BCUT2D eigenvalue weighted by atomic mass is 32.2. The number of benzene rings is 1. The van der Waals surface area contributed by atoms with Gasteiger partial charge in [0.25, 0.3) is 0 Å². The first kappa shape index (κ1) is 15.8. The van der Waals surface area contributed by atoms with E-state index in [4.69, 9.17) is 0 Å². The zero-order valence-electron chi connectivity index (χ0n) is 13.5. The number of aliphatic hydroxyl groups is 1. The third-order valence-corrected chi connectivity index (χ3v) is 7.12. The van der Waals surface area contributed by atoms with Gasteiger partial charge in [0, 0.05) is 24.6 Å². The van der Waals surface area contributed by atoms with E-state index in [9.17, 15) is 13.5 Å². The van der Waals surface area contributed by atoms with E-state index in [1.807, 2.05) is 18.3 Å². The van der Waals surface area contributed by atoms with Crippen molar-refractivity contribution in [1.29, 1.82) is 0 Å². The Hall–Kier alpha value is -1.70. The molecule has 0 radical (unpaired) electrons. The van der Waals surface area contributed by atoms with Crippen molar-refractivity contribution in [3.05, 3.63) is 42.4 Å². The third-order valence-electron chi connectivity index (χ3n) is 5.27. The van der Waals surface area contributed by atoms with Crippen LogP contribution in [0.25, 0.3) is 11.3 Å². The fraction of sp³-hybridized carbons (Fsp3) is 0.471. The molecule has 0 aliphatic carbocycles. The lowest BCUT2D eigenvalue weighted by molar-refractivity contribution is 0.0357. The number of nitrogens with zero attached hydrogens (tertiary/aromatic N) is 3. The van der Waals surface area contributed by atoms with E-state index in [2.05, 4.69) is 21.7 Å². The summed E-state index contributed by atoms with van der Waals surface area (Å²) in [6.45, 7) is 2.39. The second kappa shape index (κ2) is 5.68. The van der Waals surface area contributed by atoms with Crippen molar-refractivity contribution in [3.8, 4) is 11.3 Å². The summed E-state index contributed by atoms with van der Waals surface area (Å²) < 4.78 is 28.2. The van der Waals surface area contributed by atoms with Crippen molar-refractivity contribution in [2.24, 2.45) is 5.92 Å². The Morgan fingerprint density at radius 3 is 2.92 bits per heavy atom. The van der Waals surface area contributed by atoms with Crippen LogP contribution in [0.3, 0.4) is 0 Å². The van der Waals surface area contributed by atoms with Crippen LogP contribution >= 0.6 is 0 Å². The maximum atomic E-state index is 12.3. The quantitative estimate of drug-likeness (QED) is 0.913. The van der Waals surface area contributed by atoms with E-state index in [-0.39, 0.29) is 17.7 Å². The van der Waals surface area contributed by atoms with Gasteiger partial charge in [0.1, 0.15) is 0 Å². The molecule has 1 saturated heterocycles. The summed E-state index contributed by atoms with van der Waals surface area (Å²) in [5.74, 6) is -0.0930. The van der Waals surface area contributed by atoms with Gasteiger partial charge in [-0.1, -0.05) is 24.3 Å². The van der Waals surface area contributed by atoms with Crippen LogP contribution < -0.4 is 0 Å². The molecule has 1 N–H and O–H groups in total. The first-order valence-electron chi connectivity index (χ1n) is 8.30. The van der Waals surface area contributed by atoms with Crippen LogP contribution in [-0.4, -0.2) is 52.3 Å². The Balaban J connectivity index is 1.75. The van der Waals surface area contributed by atoms with Crippen molar-refractivity contribution in [2.45, 2.75) is 25.5 Å². The van der Waals surface area contributed by atoms with Gasteiger partial charge in [-0.2, -0.15) is 0 Å². The highest BCUT2D eigenvalue weighted by molar-refractivity contribution is 7.89. The van der Waals surface area contributed by atoms with E-state index in [0.717, 1.165) is 16.8 Å². The van der Waals surface area contributed by atoms with E-state index < -0.39 is 16.1 Å². The van der Waals surface area contributed by atoms with E-state index in [0.29, 0.717) is 19.5 Å². The maximum absolute atomic E-state index is 12.3. The minimum absolute atomic E-state index is 0.0800. The standard InChI is InChI=1S/C17H21N3O3S/c1-2-24(22,23)19-8-7-16(21)14(10-19)17-13-6-4-3-5-12(13)15-9-18-11-20(15)17/h3-6,9,11,14,16-17,21H,2,7-8,10H2,1H3. The van der Waals surface area contributed by atoms with Crippen LogP contribution in [0, 0.1) is 5.92 Å². The number of fused-ring (bicyclic) bond motifs is 3. The average Bonchev–Trinajstić information content (AvgIpc) is 3.16. The number of hydrogen-bond donors (Lipinski definition) is 1. The number of aliphatic hydroxyl groups excluding tert-OH is 1. The van der Waals surface area contributed by atoms with Gasteiger partial charge < -0.3 is 9.67 Å². The molecule has 1 aromatic carbocycles. The number of aromatic nitrogens is 2. The van der Waals surface area contributed by atoms with Crippen molar-refractivity contribution >= 4 is 10.0 Å². The Kier molecular flexibility index (Phi) is 3.74. The number of rotatable bonds is 3. The summed E-state index contributed by atoms with van der Waals surface area (Å²) in [7, 11) is -3.25. The summed E-state index contributed by atoms with van der Waals surface area (Å²) >= 11 is 0. The second-order valence-electron chi connectivity index (χ2n) is 6.50. The molecule has 0 spiro atoms. The van der Waals surface area contributed by atoms with E-state index in [1.54, 1.807) is 13.3 Å². The van der Waals surface area contributed by atoms with Gasteiger partial charge in [-0.25, -0.2) is 17.7 Å². The van der Waals surface area contributed by atoms with Gasteiger partial charge in [-0.05, 0) is 18.9 Å². The molecule has 3 atom stereocenters. The molecule has 24 heavy (non-hydrogen) atoms. The Labute approximate surface area is 141 Å². The molecule has 2 aliphatic rings. The van der Waals surface area contributed by atoms with E-state index >= 15 is 0 Å². The van der Waals surface area contributed by atoms with Gasteiger partial charge in [0.15, 0.2) is 0 Å². The molecular formula is C17H21N3O3S. The highest BCUT2D eigenvalue weighted by Crippen LogP contribution is 2.45. The molecule has 0 bridgehead atoms. The van der Waals surface area contributed by atoms with Crippen LogP contribution in [0.4, 0.5) is 0 Å². The Morgan fingerprint density at radius 1 is 1.33 bits per heavy atom. The van der Waals surface area contributed by atoms with Gasteiger partial charge >= 0.3 is 0 Å². The number of piperidine rings is 1. The lowest BCUT2D eigenvalue weighted by Crippen LogP contribution is -2.49. The van der Waals surface area contributed by atoms with Crippen molar-refractivity contribution < 1.29 is 13.5 Å². The number of imidazole rings is 1. The van der Waals surface area contributed by atoms with Crippen molar-refractivity contribution in [2.75, 3.05) is 18.8 Å². The number of hydrogen-bond acceptors (Lipinski definition) is 4. The van der Waals surface area contributed by atoms with Gasteiger partial charge in [-0.15, -0.1) is 0 Å². The lowest BCUT2D eigenvalue weighted by Gasteiger charge is -2.39. The molecule has 0 amide bonds. The lowest BCUT2D eigenvalue weighted by atomic mass is 9.85. The molecule has 2 aromatic rings. The SMILES string of the molecule is CCS(=O)(=O)N1CCC(O)C(C2c3ccccc3-c3cncn32)C1. The van der Waals surface area contributed by atoms with E-state index in [1.165, 1.54) is 4.31 Å². The third kappa shape index (κ3) is 2.30. The molecule has 6 nitrogen and oxygen atoms in total. The van der Waals surface area contributed by atoms with Crippen LogP contribution in [0.5, 0.6) is 0 Å². The Morgan fingerprint density at radius 2 is 2.12 bits per heavy atom. The predicted octanol–water partition coefficient (Wildman–Crippen LogP) is 1.49. The molecule has 3 heterocycles. The zero-order valence-corrected chi connectivity index (χ0v) is 14.4. The Bertz CT molecular complexity index is 861. The molecule has 3 unspecified atom stereocenters. The molecule has 1 aromatic heterocycles. The first-order chi connectivity index (χ1) is 11.5. The van der Waals surface area contributed by atoms with Gasteiger partial charge in [-0.3, -0.25) is 0 Å². The minimum atomic E-state index is -3.25. The monoisotopic (exact) mass is 347 g/mol. The van der Waals surface area contributed by atoms with Crippen LogP contribution in [0.1, 0.15) is 24.9 Å². The maximum Gasteiger partial charge on any atom is 0.213 e. The molecule has 7 heteroatoms. The molecule has 2 aliphatic heterocycles. The van der Waals surface area contributed by atoms with Gasteiger partial charge in [0.2, 0.25) is 10.0 Å². The normalized spacial score (nSPS) is 27.0. The predicted molar refractivity (Wildman–Crippen MR) is 90.9 cm³/mol. The summed E-state index contributed by atoms with van der Waals surface area (Å²) in [4.78, 5) is 4.25. The molecule has 128 valence electrons. The molecule has 1 fully saturated rings. The fourth-order valence-corrected chi connectivity index (χ4v) is 5.14. The van der Waals surface area contributed by atoms with Crippen LogP contribution in [-0.2, 0) is 10.0 Å². The van der Waals surface area contributed by atoms with Gasteiger partial charge in [0.05, 0.1) is 36.1 Å². The number of sulfonamides is 1. The summed E-state index contributed by atoms with van der Waals surface area (Å²) in [5.41, 5.74) is 3.27. The highest BCUT2D eigenvalue weighted by Gasteiger charge is 2.42. The largest absolute Gasteiger partial charge is 0.393 e. The van der Waals surface area contributed by atoms with Crippen molar-refractivity contribution in [1.82, 2.24) is 13.9 Å². The minimum Gasteiger partial charge on any atom is -0.393 e. The van der Waals surface area contributed by atoms with Crippen LogP contribution in [0.2, 0.25) is 0 Å². The zero-order chi connectivity index (χ0) is 16.9. The second-order valence-corrected chi connectivity index (χ2v) is 8.75.